The molecule has 2 heterocycles. The molecule has 0 spiro atoms. The number of urea groups is 1. The van der Waals surface area contributed by atoms with Crippen molar-refractivity contribution < 1.29 is 41.0 Å². The van der Waals surface area contributed by atoms with Crippen molar-refractivity contribution in [1.29, 1.82) is 0 Å². The number of nitrogens with zero attached hydrogens (tertiary/aromatic N) is 3. The number of piperazine rings is 1. The highest BCUT2D eigenvalue weighted by molar-refractivity contribution is 5.81. The van der Waals surface area contributed by atoms with Gasteiger partial charge in [0.2, 0.25) is 5.91 Å². The molecule has 206 valence electrons. The van der Waals surface area contributed by atoms with E-state index in [0.717, 1.165) is 4.90 Å². The molecule has 1 N–H and O–H groups in total. The van der Waals surface area contributed by atoms with Crippen LogP contribution in [-0.2, 0) is 17.1 Å². The van der Waals surface area contributed by atoms with Gasteiger partial charge in [0.05, 0.1) is 29.3 Å². The second-order valence-corrected chi connectivity index (χ2v) is 9.78. The number of fused-ring (bicyclic) bond motifs is 1. The molecule has 12 heteroatoms. The molecule has 1 unspecified atom stereocenters. The van der Waals surface area contributed by atoms with E-state index in [-0.39, 0.29) is 42.4 Å². The zero-order valence-corrected chi connectivity index (χ0v) is 20.9. The zero-order chi connectivity index (χ0) is 28.2. The van der Waals surface area contributed by atoms with Crippen LogP contribution in [0, 0.1) is 6.92 Å². The van der Waals surface area contributed by atoms with Crippen molar-refractivity contribution in [1.82, 2.24) is 14.7 Å². The predicted molar refractivity (Wildman–Crippen MR) is 125 cm³/mol. The van der Waals surface area contributed by atoms with E-state index in [2.05, 4.69) is 0 Å². The third kappa shape index (κ3) is 5.12. The van der Waals surface area contributed by atoms with Crippen molar-refractivity contribution >= 4 is 11.9 Å². The Labute approximate surface area is 215 Å². The van der Waals surface area contributed by atoms with Gasteiger partial charge in [-0.25, -0.2) is 4.79 Å². The van der Waals surface area contributed by atoms with Crippen molar-refractivity contribution in [2.24, 2.45) is 0 Å². The first-order chi connectivity index (χ1) is 17.6. The zero-order valence-electron chi connectivity index (χ0n) is 20.9. The molecule has 3 atom stereocenters. The first kappa shape index (κ1) is 27.6. The fourth-order valence-corrected chi connectivity index (χ4v) is 5.33. The molecule has 3 amide bonds. The Kier molecular flexibility index (Phi) is 7.04. The van der Waals surface area contributed by atoms with Crippen LogP contribution in [0.3, 0.4) is 0 Å². The van der Waals surface area contributed by atoms with Crippen LogP contribution in [0.5, 0.6) is 5.75 Å². The average Bonchev–Trinajstić information content (AvgIpc) is 3.21. The molecule has 2 saturated heterocycles. The maximum Gasteiger partial charge on any atom is 0.416 e. The summed E-state index contributed by atoms with van der Waals surface area (Å²) >= 11 is 0. The van der Waals surface area contributed by atoms with E-state index in [0.29, 0.717) is 36.1 Å². The van der Waals surface area contributed by atoms with E-state index in [9.17, 15) is 41.0 Å². The van der Waals surface area contributed by atoms with Crippen LogP contribution in [0.2, 0.25) is 0 Å². The van der Waals surface area contributed by atoms with Gasteiger partial charge in [0.15, 0.2) is 0 Å². The molecular weight excluding hydrogens is 516 g/mol. The number of phenols is 1. The lowest BCUT2D eigenvalue weighted by atomic mass is 9.90. The van der Waals surface area contributed by atoms with E-state index < -0.39 is 41.6 Å². The largest absolute Gasteiger partial charge is 0.508 e. The number of rotatable bonds is 3. The smallest absolute Gasteiger partial charge is 0.416 e. The van der Waals surface area contributed by atoms with Crippen molar-refractivity contribution in [3.05, 3.63) is 64.2 Å². The molecule has 0 radical (unpaired) electrons. The maximum absolute atomic E-state index is 13.8. The first-order valence-corrected chi connectivity index (χ1v) is 12.0. The molecular formula is C26H27F6N3O3. The van der Waals surface area contributed by atoms with Gasteiger partial charge in [-0.05, 0) is 67.3 Å². The standard InChI is InChI=1S/C26H27F6N3O3/c1-14-10-19(36)4-5-20(14)23-21-6-7-22(37)34(21)8-9-35(23)24(38)33(3)15(2)16-11-17(25(27,28)29)13-18(12-16)26(30,31)32/h4-5,10-13,15,21,23,36H,6-9H2,1-3H3/t15-,21?,23+/m1/s1. The van der Waals surface area contributed by atoms with Gasteiger partial charge in [0, 0.05) is 26.6 Å². The summed E-state index contributed by atoms with van der Waals surface area (Å²) in [6, 6.07) is 3.28. The topological polar surface area (TPSA) is 64.1 Å². The molecule has 0 saturated carbocycles. The fourth-order valence-electron chi connectivity index (χ4n) is 5.33. The summed E-state index contributed by atoms with van der Waals surface area (Å²) in [7, 11) is 1.33. The van der Waals surface area contributed by atoms with E-state index in [1.54, 1.807) is 17.9 Å². The van der Waals surface area contributed by atoms with Gasteiger partial charge in [-0.1, -0.05) is 6.07 Å². The number of halogens is 6. The minimum absolute atomic E-state index is 0.0232. The lowest BCUT2D eigenvalue weighted by Crippen LogP contribution is -2.57. The molecule has 6 nitrogen and oxygen atoms in total. The third-order valence-electron chi connectivity index (χ3n) is 7.45. The van der Waals surface area contributed by atoms with E-state index in [1.807, 2.05) is 0 Å². The van der Waals surface area contributed by atoms with Crippen LogP contribution in [0.1, 0.15) is 59.7 Å². The summed E-state index contributed by atoms with van der Waals surface area (Å²) in [4.78, 5) is 30.5. The van der Waals surface area contributed by atoms with E-state index >= 15 is 0 Å². The Hall–Kier alpha value is -3.44. The van der Waals surface area contributed by atoms with Gasteiger partial charge in [0.25, 0.3) is 0 Å². The van der Waals surface area contributed by atoms with E-state index in [1.165, 1.54) is 31.0 Å². The van der Waals surface area contributed by atoms with Gasteiger partial charge in [-0.15, -0.1) is 0 Å². The van der Waals surface area contributed by atoms with Crippen molar-refractivity contribution in [3.63, 3.8) is 0 Å². The summed E-state index contributed by atoms with van der Waals surface area (Å²) in [5.41, 5.74) is -1.84. The highest BCUT2D eigenvalue weighted by Crippen LogP contribution is 2.42. The van der Waals surface area contributed by atoms with Crippen LogP contribution >= 0.6 is 0 Å². The lowest BCUT2D eigenvalue weighted by Gasteiger charge is -2.47. The number of benzene rings is 2. The summed E-state index contributed by atoms with van der Waals surface area (Å²) in [6.45, 7) is 3.50. The number of amides is 3. The van der Waals surface area contributed by atoms with Gasteiger partial charge in [-0.2, -0.15) is 26.3 Å². The fraction of sp³-hybridized carbons (Fsp3) is 0.462. The van der Waals surface area contributed by atoms with Crippen LogP contribution in [0.15, 0.2) is 36.4 Å². The van der Waals surface area contributed by atoms with Crippen molar-refractivity contribution in [2.75, 3.05) is 20.1 Å². The number of hydrogen-bond donors (Lipinski definition) is 1. The van der Waals surface area contributed by atoms with Crippen LogP contribution < -0.4 is 0 Å². The minimum atomic E-state index is -5.01. The molecule has 0 aliphatic carbocycles. The van der Waals surface area contributed by atoms with Crippen LogP contribution in [0.25, 0.3) is 0 Å². The Balaban J connectivity index is 1.70. The Bertz CT molecular complexity index is 1210. The SMILES string of the molecule is Cc1cc(O)ccc1[C@H]1C2CCC(=O)N2CCN1C(=O)N(C)[C@H](C)c1cc(C(F)(F)F)cc(C(F)(F)F)c1. The molecule has 2 aromatic rings. The number of carbonyl (C=O) groups is 2. The number of carbonyl (C=O) groups excluding carboxylic acids is 2. The Morgan fingerprint density at radius 3 is 2.18 bits per heavy atom. The average molecular weight is 544 g/mol. The monoisotopic (exact) mass is 543 g/mol. The van der Waals surface area contributed by atoms with Crippen LogP contribution in [0.4, 0.5) is 31.1 Å². The summed E-state index contributed by atoms with van der Waals surface area (Å²) in [6.07, 6.45) is -9.23. The summed E-state index contributed by atoms with van der Waals surface area (Å²) in [5, 5.41) is 9.87. The Morgan fingerprint density at radius 2 is 1.63 bits per heavy atom. The van der Waals surface area contributed by atoms with Crippen molar-refractivity contribution in [3.8, 4) is 5.75 Å². The highest BCUT2D eigenvalue weighted by atomic mass is 19.4. The quantitative estimate of drug-likeness (QED) is 0.491. The lowest BCUT2D eigenvalue weighted by molar-refractivity contribution is -0.143. The molecule has 0 aromatic heterocycles. The summed E-state index contributed by atoms with van der Waals surface area (Å²) in [5.74, 6) is -0.0241. The summed E-state index contributed by atoms with van der Waals surface area (Å²) < 4.78 is 80.4. The van der Waals surface area contributed by atoms with Gasteiger partial charge >= 0.3 is 18.4 Å². The molecule has 2 aliphatic rings. The second kappa shape index (κ2) is 9.70. The van der Waals surface area contributed by atoms with E-state index in [4.69, 9.17) is 0 Å². The van der Waals surface area contributed by atoms with Gasteiger partial charge in [-0.3, -0.25) is 4.79 Å². The second-order valence-electron chi connectivity index (χ2n) is 9.78. The molecule has 4 rings (SSSR count). The maximum atomic E-state index is 13.8. The number of aromatic hydroxyl groups is 1. The molecule has 2 fully saturated rings. The highest BCUT2D eigenvalue weighted by Gasteiger charge is 2.46. The number of phenolic OH excluding ortho intramolecular Hbond substituents is 1. The molecule has 0 bridgehead atoms. The first-order valence-electron chi connectivity index (χ1n) is 12.0. The molecule has 2 aromatic carbocycles. The molecule has 2 aliphatic heterocycles. The Morgan fingerprint density at radius 1 is 1.03 bits per heavy atom. The van der Waals surface area contributed by atoms with Crippen LogP contribution in [-0.4, -0.2) is 57.9 Å². The number of hydrogen-bond acceptors (Lipinski definition) is 3. The number of alkyl halides is 6. The van der Waals surface area contributed by atoms with Gasteiger partial charge in [0.1, 0.15) is 5.75 Å². The molecule has 38 heavy (non-hydrogen) atoms. The predicted octanol–water partition coefficient (Wildman–Crippen LogP) is 5.90. The van der Waals surface area contributed by atoms with Crippen molar-refractivity contribution in [2.45, 2.75) is 57.2 Å². The minimum Gasteiger partial charge on any atom is -0.508 e. The number of aryl methyl sites for hydroxylation is 1. The normalized spacial score (nSPS) is 20.9. The third-order valence-corrected chi connectivity index (χ3v) is 7.45. The van der Waals surface area contributed by atoms with Gasteiger partial charge < -0.3 is 19.8 Å².